The standard InChI is InChI=1S/C14H27NO/c1-3-7-15-12-9-14(10-12)16-13-6-4-5-11(2)8-13/h11-15H,3-10H2,1-2H3. The van der Waals surface area contributed by atoms with Crippen LogP contribution in [0.2, 0.25) is 0 Å². The summed E-state index contributed by atoms with van der Waals surface area (Å²) in [5, 5.41) is 3.56. The minimum absolute atomic E-state index is 0.560. The van der Waals surface area contributed by atoms with E-state index in [9.17, 15) is 0 Å². The summed E-state index contributed by atoms with van der Waals surface area (Å²) in [5.74, 6) is 0.882. The molecule has 16 heavy (non-hydrogen) atoms. The number of hydrogen-bond acceptors (Lipinski definition) is 2. The normalized spacial score (nSPS) is 39.4. The van der Waals surface area contributed by atoms with Crippen LogP contribution in [0.1, 0.15) is 58.8 Å². The molecule has 0 spiro atoms. The monoisotopic (exact) mass is 225 g/mol. The van der Waals surface area contributed by atoms with E-state index in [4.69, 9.17) is 4.74 Å². The summed E-state index contributed by atoms with van der Waals surface area (Å²) in [6.45, 7) is 5.75. The van der Waals surface area contributed by atoms with Crippen LogP contribution in [0.4, 0.5) is 0 Å². The number of rotatable bonds is 5. The van der Waals surface area contributed by atoms with Gasteiger partial charge in [0.1, 0.15) is 0 Å². The molecule has 0 heterocycles. The Kier molecular flexibility index (Phi) is 4.66. The first-order valence-corrected chi connectivity index (χ1v) is 7.16. The van der Waals surface area contributed by atoms with Crippen LogP contribution < -0.4 is 5.32 Å². The van der Waals surface area contributed by atoms with Crippen molar-refractivity contribution in [1.29, 1.82) is 0 Å². The van der Waals surface area contributed by atoms with Crippen molar-refractivity contribution in [2.45, 2.75) is 77.0 Å². The smallest absolute Gasteiger partial charge is 0.0608 e. The zero-order chi connectivity index (χ0) is 11.4. The average Bonchev–Trinajstić information content (AvgIpc) is 2.21. The molecule has 2 rings (SSSR count). The zero-order valence-electron chi connectivity index (χ0n) is 10.9. The maximum Gasteiger partial charge on any atom is 0.0608 e. The maximum absolute atomic E-state index is 6.17. The Morgan fingerprint density at radius 1 is 1.12 bits per heavy atom. The van der Waals surface area contributed by atoms with Crippen molar-refractivity contribution in [3.63, 3.8) is 0 Å². The quantitative estimate of drug-likeness (QED) is 0.776. The average molecular weight is 225 g/mol. The first kappa shape index (κ1) is 12.4. The summed E-state index contributed by atoms with van der Waals surface area (Å²) < 4.78 is 6.17. The van der Waals surface area contributed by atoms with E-state index in [0.717, 1.165) is 18.5 Å². The molecule has 2 atom stereocenters. The van der Waals surface area contributed by atoms with Crippen LogP contribution in [-0.2, 0) is 4.74 Å². The second-order valence-electron chi connectivity index (χ2n) is 5.77. The second-order valence-corrected chi connectivity index (χ2v) is 5.77. The van der Waals surface area contributed by atoms with Crippen molar-refractivity contribution in [3.8, 4) is 0 Å². The van der Waals surface area contributed by atoms with Crippen LogP contribution in [0.3, 0.4) is 0 Å². The van der Waals surface area contributed by atoms with E-state index in [1.54, 1.807) is 0 Å². The van der Waals surface area contributed by atoms with E-state index in [1.807, 2.05) is 0 Å². The predicted octanol–water partition coefficient (Wildman–Crippen LogP) is 3.11. The maximum atomic E-state index is 6.17. The van der Waals surface area contributed by atoms with Gasteiger partial charge in [-0.2, -0.15) is 0 Å². The van der Waals surface area contributed by atoms with Gasteiger partial charge in [0, 0.05) is 6.04 Å². The molecule has 0 radical (unpaired) electrons. The minimum Gasteiger partial charge on any atom is -0.375 e. The fourth-order valence-corrected chi connectivity index (χ4v) is 2.97. The van der Waals surface area contributed by atoms with Crippen LogP contribution in [0.15, 0.2) is 0 Å². The largest absolute Gasteiger partial charge is 0.375 e. The van der Waals surface area contributed by atoms with Crippen LogP contribution in [0.25, 0.3) is 0 Å². The molecule has 2 saturated carbocycles. The molecule has 94 valence electrons. The Morgan fingerprint density at radius 2 is 1.94 bits per heavy atom. The lowest BCUT2D eigenvalue weighted by atomic mass is 9.86. The van der Waals surface area contributed by atoms with E-state index in [2.05, 4.69) is 19.2 Å². The molecule has 0 aromatic rings. The molecule has 2 aliphatic rings. The third kappa shape index (κ3) is 3.46. The fourth-order valence-electron chi connectivity index (χ4n) is 2.97. The lowest BCUT2D eigenvalue weighted by Crippen LogP contribution is -2.47. The lowest BCUT2D eigenvalue weighted by Gasteiger charge is -2.39. The van der Waals surface area contributed by atoms with Crippen molar-refractivity contribution in [2.24, 2.45) is 5.92 Å². The Balaban J connectivity index is 1.58. The highest BCUT2D eigenvalue weighted by Crippen LogP contribution is 2.31. The number of nitrogens with one attached hydrogen (secondary N) is 1. The predicted molar refractivity (Wildman–Crippen MR) is 67.6 cm³/mol. The van der Waals surface area contributed by atoms with Gasteiger partial charge in [0.05, 0.1) is 12.2 Å². The molecule has 1 N–H and O–H groups in total. The summed E-state index contributed by atoms with van der Waals surface area (Å²) in [7, 11) is 0. The highest BCUT2D eigenvalue weighted by atomic mass is 16.5. The molecule has 0 bridgehead atoms. The topological polar surface area (TPSA) is 21.3 Å². The third-order valence-electron chi connectivity index (χ3n) is 4.05. The second kappa shape index (κ2) is 6.02. The van der Waals surface area contributed by atoms with Crippen LogP contribution >= 0.6 is 0 Å². The molecule has 2 nitrogen and oxygen atoms in total. The van der Waals surface area contributed by atoms with E-state index in [0.29, 0.717) is 12.2 Å². The van der Waals surface area contributed by atoms with Crippen LogP contribution in [0, 0.1) is 5.92 Å². The summed E-state index contributed by atoms with van der Waals surface area (Å²) in [6, 6.07) is 0.742. The molecule has 0 aromatic carbocycles. The van der Waals surface area contributed by atoms with Gasteiger partial charge in [-0.05, 0) is 44.6 Å². The molecule has 2 heteroatoms. The minimum atomic E-state index is 0.560. The van der Waals surface area contributed by atoms with Gasteiger partial charge in [0.25, 0.3) is 0 Å². The molecular formula is C14H27NO. The van der Waals surface area contributed by atoms with Gasteiger partial charge in [-0.25, -0.2) is 0 Å². The Hall–Kier alpha value is -0.0800. The van der Waals surface area contributed by atoms with E-state index in [-0.39, 0.29) is 0 Å². The van der Waals surface area contributed by atoms with E-state index >= 15 is 0 Å². The fraction of sp³-hybridized carbons (Fsp3) is 1.00. The third-order valence-corrected chi connectivity index (χ3v) is 4.05. The molecule has 0 amide bonds. The van der Waals surface area contributed by atoms with Gasteiger partial charge in [-0.3, -0.25) is 0 Å². The molecule has 2 fully saturated rings. The van der Waals surface area contributed by atoms with Crippen molar-refractivity contribution >= 4 is 0 Å². The van der Waals surface area contributed by atoms with Gasteiger partial charge < -0.3 is 10.1 Å². The van der Waals surface area contributed by atoms with Gasteiger partial charge in [0.15, 0.2) is 0 Å². The Morgan fingerprint density at radius 3 is 2.62 bits per heavy atom. The van der Waals surface area contributed by atoms with Crippen molar-refractivity contribution < 1.29 is 4.74 Å². The van der Waals surface area contributed by atoms with Crippen molar-refractivity contribution in [1.82, 2.24) is 5.32 Å². The van der Waals surface area contributed by atoms with Gasteiger partial charge in [0.2, 0.25) is 0 Å². The van der Waals surface area contributed by atoms with Crippen LogP contribution in [-0.4, -0.2) is 24.8 Å². The van der Waals surface area contributed by atoms with Crippen molar-refractivity contribution in [2.75, 3.05) is 6.54 Å². The molecule has 0 aliphatic heterocycles. The van der Waals surface area contributed by atoms with E-state index < -0.39 is 0 Å². The van der Waals surface area contributed by atoms with E-state index in [1.165, 1.54) is 44.9 Å². The zero-order valence-corrected chi connectivity index (χ0v) is 10.9. The first-order valence-electron chi connectivity index (χ1n) is 7.16. The highest BCUT2D eigenvalue weighted by Gasteiger charge is 2.32. The molecule has 0 aromatic heterocycles. The summed E-state index contributed by atoms with van der Waals surface area (Å²) in [5.41, 5.74) is 0. The summed E-state index contributed by atoms with van der Waals surface area (Å²) in [4.78, 5) is 0. The first-order chi connectivity index (χ1) is 7.78. The molecule has 2 unspecified atom stereocenters. The molecular weight excluding hydrogens is 198 g/mol. The number of ether oxygens (including phenoxy) is 1. The van der Waals surface area contributed by atoms with Crippen molar-refractivity contribution in [3.05, 3.63) is 0 Å². The highest BCUT2D eigenvalue weighted by molar-refractivity contribution is 4.87. The van der Waals surface area contributed by atoms with Gasteiger partial charge in [-0.1, -0.05) is 26.7 Å². The van der Waals surface area contributed by atoms with Crippen LogP contribution in [0.5, 0.6) is 0 Å². The molecule has 2 aliphatic carbocycles. The van der Waals surface area contributed by atoms with Gasteiger partial charge >= 0.3 is 0 Å². The Bertz CT molecular complexity index is 201. The SMILES string of the molecule is CCCNC1CC(OC2CCCC(C)C2)C1. The molecule has 0 saturated heterocycles. The van der Waals surface area contributed by atoms with Gasteiger partial charge in [-0.15, -0.1) is 0 Å². The Labute approximate surface area is 100 Å². The lowest BCUT2D eigenvalue weighted by molar-refractivity contribution is -0.0824. The summed E-state index contributed by atoms with van der Waals surface area (Å²) >= 11 is 0. The summed E-state index contributed by atoms with van der Waals surface area (Å²) in [6.07, 6.45) is 10.2. The number of hydrogen-bond donors (Lipinski definition) is 1.